The molecule has 5 rings (SSSR count). The van der Waals surface area contributed by atoms with Crippen LogP contribution in [0.2, 0.25) is 0 Å². The van der Waals surface area contributed by atoms with E-state index in [0.717, 1.165) is 34.3 Å². The normalized spacial score (nSPS) is 16.6. The number of benzene rings is 2. The fraction of sp³-hybridized carbons (Fsp3) is 0.185. The van der Waals surface area contributed by atoms with Crippen molar-refractivity contribution in [3.8, 4) is 0 Å². The van der Waals surface area contributed by atoms with Gasteiger partial charge in [0.05, 0.1) is 16.9 Å². The van der Waals surface area contributed by atoms with Crippen LogP contribution in [0.5, 0.6) is 0 Å². The van der Waals surface area contributed by atoms with Crippen molar-refractivity contribution in [2.75, 3.05) is 6.54 Å². The molecule has 1 saturated heterocycles. The molecule has 0 spiro atoms. The Kier molecular flexibility index (Phi) is 5.71. The predicted molar refractivity (Wildman–Crippen MR) is 126 cm³/mol. The third kappa shape index (κ3) is 4.42. The Morgan fingerprint density at radius 3 is 2.56 bits per heavy atom. The van der Waals surface area contributed by atoms with Gasteiger partial charge >= 0.3 is 0 Å². The van der Waals surface area contributed by atoms with Gasteiger partial charge in [-0.2, -0.15) is 5.10 Å². The van der Waals surface area contributed by atoms with Crippen LogP contribution < -0.4 is 0 Å². The zero-order valence-corrected chi connectivity index (χ0v) is 17.8. The van der Waals surface area contributed by atoms with E-state index < -0.39 is 0 Å². The maximum absolute atomic E-state index is 12.8. The van der Waals surface area contributed by atoms with Crippen LogP contribution in [0.1, 0.15) is 23.2 Å². The minimum atomic E-state index is 0.0685. The van der Waals surface area contributed by atoms with Crippen LogP contribution in [0.3, 0.4) is 0 Å². The molecule has 1 atom stereocenters. The van der Waals surface area contributed by atoms with Gasteiger partial charge < -0.3 is 0 Å². The van der Waals surface area contributed by atoms with Crippen molar-refractivity contribution in [3.63, 3.8) is 0 Å². The maximum atomic E-state index is 12.8. The molecule has 1 amide bonds. The second-order valence-corrected chi connectivity index (χ2v) is 8.16. The topological polar surface area (TPSA) is 58.5 Å². The molecule has 2 aromatic carbocycles. The van der Waals surface area contributed by atoms with E-state index >= 15 is 0 Å². The van der Waals surface area contributed by atoms with E-state index in [9.17, 15) is 4.79 Å². The number of hydrogen-bond donors (Lipinski definition) is 0. The average Bonchev–Trinajstić information content (AvgIpc) is 3.18. The minimum Gasteiger partial charge on any atom is -0.273 e. The van der Waals surface area contributed by atoms with Crippen LogP contribution in [0.25, 0.3) is 10.9 Å². The summed E-state index contributed by atoms with van der Waals surface area (Å²) < 4.78 is 0. The Bertz CT molecular complexity index is 1250. The Hall–Kier alpha value is -3.86. The minimum absolute atomic E-state index is 0.0685. The van der Waals surface area contributed by atoms with Crippen LogP contribution in [0, 0.1) is 5.92 Å². The molecule has 3 heterocycles. The van der Waals surface area contributed by atoms with E-state index in [0.29, 0.717) is 19.4 Å². The largest absolute Gasteiger partial charge is 0.273 e. The lowest BCUT2D eigenvalue weighted by molar-refractivity contribution is -0.127. The van der Waals surface area contributed by atoms with Crippen molar-refractivity contribution in [2.45, 2.75) is 19.3 Å². The van der Waals surface area contributed by atoms with Crippen LogP contribution in [0.15, 0.2) is 96.4 Å². The number of para-hydroxylation sites is 1. The van der Waals surface area contributed by atoms with Crippen molar-refractivity contribution in [3.05, 3.63) is 108 Å². The maximum Gasteiger partial charge on any atom is 0.243 e. The molecular formula is C27H24N4O. The number of fused-ring (bicyclic) bond motifs is 1. The van der Waals surface area contributed by atoms with Gasteiger partial charge in [0, 0.05) is 37.2 Å². The lowest BCUT2D eigenvalue weighted by Crippen LogP contribution is -2.23. The SMILES string of the molecule is O=C1CC(Cc2ccccc2)CN1/N=C(\Cc1ccnc2ccccc12)c1ccccn1. The van der Waals surface area contributed by atoms with Crippen LogP contribution in [0.4, 0.5) is 0 Å². The third-order valence-corrected chi connectivity index (χ3v) is 5.85. The molecule has 0 saturated carbocycles. The zero-order chi connectivity index (χ0) is 21.8. The summed E-state index contributed by atoms with van der Waals surface area (Å²) in [5.74, 6) is 0.333. The lowest BCUT2D eigenvalue weighted by atomic mass is 9.99. The molecule has 0 radical (unpaired) electrons. The Morgan fingerprint density at radius 1 is 0.906 bits per heavy atom. The van der Waals surface area contributed by atoms with Crippen molar-refractivity contribution in [1.29, 1.82) is 0 Å². The second kappa shape index (κ2) is 9.10. The van der Waals surface area contributed by atoms with Crippen LogP contribution in [-0.4, -0.2) is 33.1 Å². The van der Waals surface area contributed by atoms with Crippen molar-refractivity contribution >= 4 is 22.5 Å². The molecule has 1 fully saturated rings. The lowest BCUT2D eigenvalue weighted by Gasteiger charge is -2.15. The van der Waals surface area contributed by atoms with E-state index in [4.69, 9.17) is 5.10 Å². The number of amides is 1. The van der Waals surface area contributed by atoms with E-state index in [1.807, 2.05) is 66.9 Å². The molecule has 1 unspecified atom stereocenters. The number of rotatable bonds is 6. The highest BCUT2D eigenvalue weighted by Gasteiger charge is 2.30. The van der Waals surface area contributed by atoms with Gasteiger partial charge in [-0.25, -0.2) is 5.01 Å². The van der Waals surface area contributed by atoms with E-state index in [1.165, 1.54) is 5.56 Å². The fourth-order valence-electron chi connectivity index (χ4n) is 4.29. The summed E-state index contributed by atoms with van der Waals surface area (Å²) in [5.41, 5.74) is 4.89. The Morgan fingerprint density at radius 2 is 1.72 bits per heavy atom. The standard InChI is InChI=1S/C27H24N4O/c32-27-17-21(16-20-8-2-1-3-9-20)19-31(27)30-26(25-12-6-7-14-28-25)18-22-13-15-29-24-11-5-4-10-23(22)24/h1-15,21H,16-19H2/b30-26+. The molecule has 158 valence electrons. The molecule has 1 aliphatic heterocycles. The van der Waals surface area contributed by atoms with Crippen LogP contribution >= 0.6 is 0 Å². The molecule has 5 nitrogen and oxygen atoms in total. The van der Waals surface area contributed by atoms with E-state index in [1.54, 1.807) is 11.2 Å². The molecule has 0 aliphatic carbocycles. The number of nitrogens with zero attached hydrogens (tertiary/aromatic N) is 4. The van der Waals surface area contributed by atoms with Gasteiger partial charge in [0.1, 0.15) is 0 Å². The number of hydrogen-bond acceptors (Lipinski definition) is 4. The van der Waals surface area contributed by atoms with Crippen molar-refractivity contribution < 1.29 is 4.79 Å². The summed E-state index contributed by atoms with van der Waals surface area (Å²) in [6, 6.07) is 26.2. The van der Waals surface area contributed by atoms with E-state index in [-0.39, 0.29) is 11.8 Å². The smallest absolute Gasteiger partial charge is 0.243 e. The number of carbonyl (C=O) groups excluding carboxylic acids is 1. The summed E-state index contributed by atoms with van der Waals surface area (Å²) in [6.45, 7) is 0.626. The van der Waals surface area contributed by atoms with Gasteiger partial charge in [-0.15, -0.1) is 0 Å². The summed E-state index contributed by atoms with van der Waals surface area (Å²) in [6.07, 6.45) is 5.57. The first kappa shape index (κ1) is 20.1. The quantitative estimate of drug-likeness (QED) is 0.426. The molecule has 5 heteroatoms. The highest BCUT2D eigenvalue weighted by molar-refractivity contribution is 6.02. The molecule has 2 aromatic heterocycles. The molecule has 1 aliphatic rings. The fourth-order valence-corrected chi connectivity index (χ4v) is 4.29. The van der Waals surface area contributed by atoms with Gasteiger partial charge in [0.25, 0.3) is 0 Å². The first-order valence-electron chi connectivity index (χ1n) is 10.9. The molecule has 0 N–H and O–H groups in total. The summed E-state index contributed by atoms with van der Waals surface area (Å²) >= 11 is 0. The Labute approximate surface area is 187 Å². The number of aromatic nitrogens is 2. The number of pyridine rings is 2. The summed E-state index contributed by atoms with van der Waals surface area (Å²) in [7, 11) is 0. The van der Waals surface area contributed by atoms with Gasteiger partial charge in [-0.1, -0.05) is 54.6 Å². The Balaban J connectivity index is 1.44. The van der Waals surface area contributed by atoms with Crippen molar-refractivity contribution in [1.82, 2.24) is 15.0 Å². The van der Waals surface area contributed by atoms with Gasteiger partial charge in [0.2, 0.25) is 5.91 Å². The summed E-state index contributed by atoms with van der Waals surface area (Å²) in [5, 5.41) is 7.57. The molecule has 0 bridgehead atoms. The second-order valence-electron chi connectivity index (χ2n) is 8.16. The zero-order valence-electron chi connectivity index (χ0n) is 17.8. The highest BCUT2D eigenvalue weighted by Crippen LogP contribution is 2.24. The summed E-state index contributed by atoms with van der Waals surface area (Å²) in [4.78, 5) is 21.8. The third-order valence-electron chi connectivity index (χ3n) is 5.85. The average molecular weight is 421 g/mol. The van der Waals surface area contributed by atoms with Gasteiger partial charge in [0.15, 0.2) is 0 Å². The first-order chi connectivity index (χ1) is 15.8. The van der Waals surface area contributed by atoms with Gasteiger partial charge in [-0.05, 0) is 47.7 Å². The number of carbonyl (C=O) groups is 1. The first-order valence-corrected chi connectivity index (χ1v) is 10.9. The highest BCUT2D eigenvalue weighted by atomic mass is 16.2. The van der Waals surface area contributed by atoms with Crippen molar-refractivity contribution in [2.24, 2.45) is 11.0 Å². The molecule has 32 heavy (non-hydrogen) atoms. The monoisotopic (exact) mass is 420 g/mol. The molecular weight excluding hydrogens is 396 g/mol. The predicted octanol–water partition coefficient (Wildman–Crippen LogP) is 4.67. The van der Waals surface area contributed by atoms with Crippen LogP contribution in [-0.2, 0) is 17.6 Å². The molecule has 4 aromatic rings. The number of hydrazone groups is 1. The van der Waals surface area contributed by atoms with Gasteiger partial charge in [-0.3, -0.25) is 14.8 Å². The van der Waals surface area contributed by atoms with E-state index in [2.05, 4.69) is 28.2 Å².